The van der Waals surface area contributed by atoms with E-state index in [1.807, 2.05) is 13.8 Å². The Morgan fingerprint density at radius 1 is 1.59 bits per heavy atom. The van der Waals surface area contributed by atoms with Gasteiger partial charge in [-0.15, -0.1) is 0 Å². The molecular weight excluding hydrogens is 220 g/mol. The fourth-order valence-corrected chi connectivity index (χ4v) is 3.93. The molecule has 4 atom stereocenters. The molecule has 0 amide bonds. The first-order chi connectivity index (χ1) is 7.82. The average Bonchev–Trinajstić information content (AvgIpc) is 2.63. The fraction of sp³-hybridized carbons (Fsp3) is 0.769. The Balaban J connectivity index is 2.64. The Morgan fingerprint density at radius 2 is 2.18 bits per heavy atom. The van der Waals surface area contributed by atoms with Gasteiger partial charge in [-0.05, 0) is 12.3 Å². The second-order valence-electron chi connectivity index (χ2n) is 5.76. The Hall–Kier alpha value is -0.710. The average molecular weight is 240 g/mol. The summed E-state index contributed by atoms with van der Waals surface area (Å²) in [5, 5.41) is 20.1. The lowest BCUT2D eigenvalue weighted by molar-refractivity contribution is -0.249. The van der Waals surface area contributed by atoms with E-state index in [2.05, 4.69) is 6.58 Å². The van der Waals surface area contributed by atoms with Gasteiger partial charge in [0.05, 0.1) is 5.41 Å². The molecule has 2 N–H and O–H groups in total. The number of aliphatic hydroxyl groups excluding tert-OH is 1. The van der Waals surface area contributed by atoms with Crippen molar-refractivity contribution >= 4 is 6.29 Å². The van der Waals surface area contributed by atoms with Gasteiger partial charge in [-0.3, -0.25) is 0 Å². The van der Waals surface area contributed by atoms with Gasteiger partial charge in [-0.1, -0.05) is 26.0 Å². The molecule has 0 aromatic heterocycles. The van der Waals surface area contributed by atoms with E-state index in [4.69, 9.17) is 4.74 Å². The maximum Gasteiger partial charge on any atom is 0.185 e. The number of fused-ring (bicyclic) bond motifs is 2. The Bertz CT molecular complexity index is 376. The molecule has 4 heteroatoms. The number of aldehydes is 1. The number of ether oxygens (including phenoxy) is 1. The summed E-state index contributed by atoms with van der Waals surface area (Å²) in [4.78, 5) is 11.6. The van der Waals surface area contributed by atoms with Gasteiger partial charge in [0.25, 0.3) is 0 Å². The van der Waals surface area contributed by atoms with Crippen molar-refractivity contribution in [1.29, 1.82) is 0 Å². The van der Waals surface area contributed by atoms with Crippen molar-refractivity contribution in [3.05, 3.63) is 12.2 Å². The summed E-state index contributed by atoms with van der Waals surface area (Å²) in [6, 6.07) is 0. The minimum atomic E-state index is -1.54. The van der Waals surface area contributed by atoms with E-state index >= 15 is 0 Å². The van der Waals surface area contributed by atoms with Crippen LogP contribution in [-0.2, 0) is 9.53 Å². The predicted molar refractivity (Wildman–Crippen MR) is 62.1 cm³/mol. The second-order valence-corrected chi connectivity index (χ2v) is 5.76. The third kappa shape index (κ3) is 1.07. The lowest BCUT2D eigenvalue weighted by Crippen LogP contribution is -2.51. The number of methoxy groups -OCH3 is 1. The summed E-state index contributed by atoms with van der Waals surface area (Å²) in [6.45, 7) is 7.75. The van der Waals surface area contributed by atoms with Crippen LogP contribution < -0.4 is 0 Å². The summed E-state index contributed by atoms with van der Waals surface area (Å²) in [7, 11) is 1.40. The van der Waals surface area contributed by atoms with Gasteiger partial charge in [0.2, 0.25) is 0 Å². The fourth-order valence-electron chi connectivity index (χ4n) is 3.93. The van der Waals surface area contributed by atoms with Crippen molar-refractivity contribution in [2.24, 2.45) is 22.7 Å². The summed E-state index contributed by atoms with van der Waals surface area (Å²) in [6.07, 6.45) is 1.23. The Labute approximate surface area is 101 Å². The number of aliphatic hydroxyl groups is 2. The normalized spacial score (nSPS) is 47.5. The standard InChI is InChI=1S/C13H20O4/c1-8-10-9(6-14)5-12(7-15,11(8,2)3)13(10,16)17-4/h7,9-10,14,16H,1,5-6H2,2-4H3/t9-,10+,12-,13-/m1/s1. The molecule has 0 aromatic rings. The molecular formula is C13H20O4. The lowest BCUT2D eigenvalue weighted by Gasteiger charge is -2.42. The van der Waals surface area contributed by atoms with Crippen LogP contribution in [0.4, 0.5) is 0 Å². The first kappa shape index (κ1) is 12.7. The third-order valence-electron chi connectivity index (χ3n) is 5.16. The molecule has 0 aliphatic heterocycles. The van der Waals surface area contributed by atoms with Gasteiger partial charge >= 0.3 is 0 Å². The lowest BCUT2D eigenvalue weighted by atomic mass is 9.61. The smallest absolute Gasteiger partial charge is 0.185 e. The van der Waals surface area contributed by atoms with E-state index in [-0.39, 0.29) is 18.4 Å². The van der Waals surface area contributed by atoms with Gasteiger partial charge in [0.1, 0.15) is 6.29 Å². The minimum absolute atomic E-state index is 0.0684. The molecule has 96 valence electrons. The van der Waals surface area contributed by atoms with E-state index < -0.39 is 16.6 Å². The Kier molecular flexibility index (Phi) is 2.55. The van der Waals surface area contributed by atoms with Crippen molar-refractivity contribution in [2.45, 2.75) is 26.1 Å². The van der Waals surface area contributed by atoms with Crippen LogP contribution in [0.3, 0.4) is 0 Å². The van der Waals surface area contributed by atoms with E-state index in [1.165, 1.54) is 7.11 Å². The van der Waals surface area contributed by atoms with E-state index in [9.17, 15) is 15.0 Å². The predicted octanol–water partition coefficient (Wildman–Crippen LogP) is 0.731. The molecule has 2 bridgehead atoms. The van der Waals surface area contributed by atoms with E-state index in [0.717, 1.165) is 11.9 Å². The van der Waals surface area contributed by atoms with Gasteiger partial charge in [-0.25, -0.2) is 0 Å². The molecule has 2 aliphatic rings. The van der Waals surface area contributed by atoms with Crippen LogP contribution in [0.5, 0.6) is 0 Å². The van der Waals surface area contributed by atoms with Crippen LogP contribution in [0.2, 0.25) is 0 Å². The first-order valence-electron chi connectivity index (χ1n) is 5.86. The summed E-state index contributed by atoms with van der Waals surface area (Å²) >= 11 is 0. The molecule has 2 aliphatic carbocycles. The summed E-state index contributed by atoms with van der Waals surface area (Å²) in [5.41, 5.74) is -0.737. The molecule has 4 nitrogen and oxygen atoms in total. The molecule has 0 aromatic carbocycles. The first-order valence-corrected chi connectivity index (χ1v) is 5.86. The van der Waals surface area contributed by atoms with Crippen molar-refractivity contribution in [3.63, 3.8) is 0 Å². The monoisotopic (exact) mass is 240 g/mol. The maximum absolute atomic E-state index is 11.6. The van der Waals surface area contributed by atoms with Crippen molar-refractivity contribution in [1.82, 2.24) is 0 Å². The maximum atomic E-state index is 11.6. The zero-order valence-corrected chi connectivity index (χ0v) is 10.6. The van der Waals surface area contributed by atoms with Crippen LogP contribution in [0.25, 0.3) is 0 Å². The third-order valence-corrected chi connectivity index (χ3v) is 5.16. The summed E-state index contributed by atoms with van der Waals surface area (Å²) < 4.78 is 5.27. The highest BCUT2D eigenvalue weighted by Crippen LogP contribution is 2.72. The minimum Gasteiger partial charge on any atom is -0.396 e. The number of hydrogen-bond acceptors (Lipinski definition) is 4. The van der Waals surface area contributed by atoms with Crippen LogP contribution in [0.15, 0.2) is 12.2 Å². The molecule has 0 spiro atoms. The zero-order valence-electron chi connectivity index (χ0n) is 10.6. The van der Waals surface area contributed by atoms with Crippen LogP contribution in [0, 0.1) is 22.7 Å². The SMILES string of the molecule is C=C1[C@H]2[C@@H](CO)C[C@@](C=O)(C1(C)C)[C@]2(O)OC. The molecule has 0 saturated heterocycles. The highest BCUT2D eigenvalue weighted by molar-refractivity contribution is 5.69. The molecule has 2 fully saturated rings. The highest BCUT2D eigenvalue weighted by atomic mass is 16.6. The van der Waals surface area contributed by atoms with Crippen molar-refractivity contribution in [2.75, 3.05) is 13.7 Å². The zero-order chi connectivity index (χ0) is 13.1. The molecule has 0 unspecified atom stereocenters. The number of rotatable bonds is 3. The molecule has 0 radical (unpaired) electrons. The highest BCUT2D eigenvalue weighted by Gasteiger charge is 2.77. The number of hydrogen-bond donors (Lipinski definition) is 2. The largest absolute Gasteiger partial charge is 0.396 e. The molecule has 2 saturated carbocycles. The number of carbonyl (C=O) groups is 1. The van der Waals surface area contributed by atoms with E-state index in [1.54, 1.807) is 0 Å². The van der Waals surface area contributed by atoms with Crippen LogP contribution >= 0.6 is 0 Å². The van der Waals surface area contributed by atoms with E-state index in [0.29, 0.717) is 6.42 Å². The van der Waals surface area contributed by atoms with Gasteiger partial charge < -0.3 is 19.7 Å². The molecule has 17 heavy (non-hydrogen) atoms. The number of carbonyl (C=O) groups excluding carboxylic acids is 1. The van der Waals surface area contributed by atoms with Crippen molar-refractivity contribution in [3.8, 4) is 0 Å². The molecule has 2 rings (SSSR count). The van der Waals surface area contributed by atoms with Crippen LogP contribution in [0.1, 0.15) is 20.3 Å². The van der Waals surface area contributed by atoms with Gasteiger partial charge in [-0.2, -0.15) is 0 Å². The van der Waals surface area contributed by atoms with Crippen LogP contribution in [-0.4, -0.2) is 36.0 Å². The Morgan fingerprint density at radius 3 is 2.53 bits per heavy atom. The molecule has 0 heterocycles. The van der Waals surface area contributed by atoms with Gasteiger partial charge in [0, 0.05) is 25.0 Å². The second kappa shape index (κ2) is 3.40. The quantitative estimate of drug-likeness (QED) is 0.433. The van der Waals surface area contributed by atoms with Gasteiger partial charge in [0.15, 0.2) is 5.79 Å². The van der Waals surface area contributed by atoms with Crippen molar-refractivity contribution < 1.29 is 19.7 Å². The summed E-state index contributed by atoms with van der Waals surface area (Å²) in [5.74, 6) is -2.08. The topological polar surface area (TPSA) is 66.8 Å².